The summed E-state index contributed by atoms with van der Waals surface area (Å²) in [6.07, 6.45) is 0. The van der Waals surface area contributed by atoms with Gasteiger partial charge in [-0.1, -0.05) is 11.6 Å². The summed E-state index contributed by atoms with van der Waals surface area (Å²) in [5.74, 6) is 0. The van der Waals surface area contributed by atoms with Crippen molar-refractivity contribution in [1.82, 2.24) is 14.9 Å². The molecule has 10 heteroatoms. The molecule has 1 aromatic carbocycles. The molecule has 0 atom stereocenters. The summed E-state index contributed by atoms with van der Waals surface area (Å²) in [6.45, 7) is 4.68. The third kappa shape index (κ3) is 6.43. The number of benzene rings is 1. The highest BCUT2D eigenvalue weighted by Crippen LogP contribution is 2.22. The van der Waals surface area contributed by atoms with E-state index in [1.54, 1.807) is 0 Å². The average Bonchev–Trinajstić information content (AvgIpc) is 2.47. The molecule has 1 heterocycles. The molecule has 0 bridgehead atoms. The van der Waals surface area contributed by atoms with Crippen molar-refractivity contribution >= 4 is 46.4 Å². The second-order valence-corrected chi connectivity index (χ2v) is 6.89. The van der Waals surface area contributed by atoms with Crippen molar-refractivity contribution in [3.63, 3.8) is 0 Å². The quantitative estimate of drug-likeness (QED) is 0.775. The summed E-state index contributed by atoms with van der Waals surface area (Å²) < 4.78 is 26.9. The van der Waals surface area contributed by atoms with Crippen molar-refractivity contribution < 1.29 is 8.42 Å². The molecule has 1 aromatic rings. The molecule has 0 aromatic heterocycles. The zero-order valence-corrected chi connectivity index (χ0v) is 15.5. The van der Waals surface area contributed by atoms with E-state index in [9.17, 15) is 8.42 Å². The first-order chi connectivity index (χ1) is 10.0. The van der Waals surface area contributed by atoms with Gasteiger partial charge in [-0.2, -0.15) is 5.26 Å². The van der Waals surface area contributed by atoms with E-state index in [2.05, 4.69) is 14.9 Å². The topological polar surface area (TPSA) is 85.2 Å². The van der Waals surface area contributed by atoms with Gasteiger partial charge in [0.15, 0.2) is 0 Å². The van der Waals surface area contributed by atoms with E-state index in [1.165, 1.54) is 18.2 Å². The molecule has 0 saturated carbocycles. The Morgan fingerprint density at radius 3 is 2.52 bits per heavy atom. The first-order valence-electron chi connectivity index (χ1n) is 6.65. The number of sulfonamides is 1. The minimum atomic E-state index is -3.65. The fourth-order valence-electron chi connectivity index (χ4n) is 2.14. The summed E-state index contributed by atoms with van der Waals surface area (Å²) in [4.78, 5) is 2.20. The van der Waals surface area contributed by atoms with Gasteiger partial charge in [-0.3, -0.25) is 4.90 Å². The van der Waals surface area contributed by atoms with E-state index in [-0.39, 0.29) is 34.7 Å². The van der Waals surface area contributed by atoms with Crippen molar-refractivity contribution in [3.05, 3.63) is 28.8 Å². The zero-order chi connectivity index (χ0) is 15.3. The summed E-state index contributed by atoms with van der Waals surface area (Å²) >= 11 is 5.93. The summed E-state index contributed by atoms with van der Waals surface area (Å²) in [5.41, 5.74) is 0.333. The number of piperazine rings is 1. The Balaban J connectivity index is 0.00000242. The number of rotatable bonds is 5. The van der Waals surface area contributed by atoms with Crippen molar-refractivity contribution in [1.29, 1.82) is 5.26 Å². The molecule has 2 N–H and O–H groups in total. The van der Waals surface area contributed by atoms with Gasteiger partial charge in [0.2, 0.25) is 10.0 Å². The van der Waals surface area contributed by atoms with Gasteiger partial charge in [0.25, 0.3) is 0 Å². The van der Waals surface area contributed by atoms with Crippen LogP contribution in [0.3, 0.4) is 0 Å². The second kappa shape index (κ2) is 10.3. The minimum absolute atomic E-state index is 0. The molecule has 2 rings (SSSR count). The summed E-state index contributed by atoms with van der Waals surface area (Å²) in [5, 5.41) is 12.1. The Hall–Kier alpha value is -0.590. The normalized spacial score (nSPS) is 15.1. The van der Waals surface area contributed by atoms with Crippen LogP contribution < -0.4 is 10.0 Å². The van der Waals surface area contributed by atoms with Crippen LogP contribution in [0.5, 0.6) is 0 Å². The van der Waals surface area contributed by atoms with Gasteiger partial charge < -0.3 is 5.32 Å². The van der Waals surface area contributed by atoms with Crippen molar-refractivity contribution in [3.8, 4) is 6.07 Å². The third-order valence-electron chi connectivity index (χ3n) is 3.28. The lowest BCUT2D eigenvalue weighted by Gasteiger charge is -2.27. The number of nitrogens with one attached hydrogen (secondary N) is 2. The summed E-state index contributed by atoms with van der Waals surface area (Å²) in [7, 11) is -3.65. The molecule has 1 saturated heterocycles. The van der Waals surface area contributed by atoms with Crippen LogP contribution in [0.25, 0.3) is 0 Å². The van der Waals surface area contributed by atoms with Gasteiger partial charge in [0, 0.05) is 39.3 Å². The molecule has 0 spiro atoms. The number of nitriles is 1. The molecular weight excluding hydrogens is 383 g/mol. The lowest BCUT2D eigenvalue weighted by atomic mass is 10.2. The average molecular weight is 402 g/mol. The highest BCUT2D eigenvalue weighted by Gasteiger charge is 2.18. The smallest absolute Gasteiger partial charge is 0.242 e. The van der Waals surface area contributed by atoms with Crippen LogP contribution in [0, 0.1) is 11.3 Å². The Morgan fingerprint density at radius 1 is 1.30 bits per heavy atom. The molecular formula is C13H19Cl3N4O2S. The van der Waals surface area contributed by atoms with Crippen LogP contribution >= 0.6 is 36.4 Å². The molecule has 130 valence electrons. The van der Waals surface area contributed by atoms with E-state index in [4.69, 9.17) is 16.9 Å². The second-order valence-electron chi connectivity index (χ2n) is 4.75. The van der Waals surface area contributed by atoms with Gasteiger partial charge in [-0.25, -0.2) is 13.1 Å². The molecule has 23 heavy (non-hydrogen) atoms. The molecule has 0 unspecified atom stereocenters. The van der Waals surface area contributed by atoms with E-state index >= 15 is 0 Å². The maximum atomic E-state index is 12.2. The minimum Gasteiger partial charge on any atom is -0.314 e. The van der Waals surface area contributed by atoms with Gasteiger partial charge in [-0.15, -0.1) is 24.8 Å². The van der Waals surface area contributed by atoms with Gasteiger partial charge in [-0.05, 0) is 18.2 Å². The standard InChI is InChI=1S/C13H17ClN4O2S.2ClH/c14-12-9-11(10-15)1-2-13(12)21(19,20)17-5-8-18-6-3-16-4-7-18;;/h1-2,9,16-17H,3-8H2;2*1H. The van der Waals surface area contributed by atoms with Crippen LogP contribution in [-0.2, 0) is 10.0 Å². The van der Waals surface area contributed by atoms with Crippen LogP contribution in [0.2, 0.25) is 5.02 Å². The number of nitrogens with zero attached hydrogens (tertiary/aromatic N) is 2. The van der Waals surface area contributed by atoms with E-state index < -0.39 is 10.0 Å². The van der Waals surface area contributed by atoms with Crippen LogP contribution in [-0.4, -0.2) is 52.6 Å². The van der Waals surface area contributed by atoms with Crippen molar-refractivity contribution in [2.24, 2.45) is 0 Å². The lowest BCUT2D eigenvalue weighted by Crippen LogP contribution is -2.46. The number of hydrogen-bond acceptors (Lipinski definition) is 5. The highest BCUT2D eigenvalue weighted by atomic mass is 35.5. The molecule has 6 nitrogen and oxygen atoms in total. The van der Waals surface area contributed by atoms with Gasteiger partial charge >= 0.3 is 0 Å². The van der Waals surface area contributed by atoms with Crippen LogP contribution in [0.4, 0.5) is 0 Å². The zero-order valence-electron chi connectivity index (χ0n) is 12.3. The number of hydrogen-bond donors (Lipinski definition) is 2. The first-order valence-corrected chi connectivity index (χ1v) is 8.51. The predicted molar refractivity (Wildman–Crippen MR) is 95.2 cm³/mol. The van der Waals surface area contributed by atoms with E-state index in [0.717, 1.165) is 26.2 Å². The molecule has 0 aliphatic carbocycles. The third-order valence-corrected chi connectivity index (χ3v) is 5.22. The molecule has 0 amide bonds. The fraction of sp³-hybridized carbons (Fsp3) is 0.462. The molecule has 1 fully saturated rings. The predicted octanol–water partition coefficient (Wildman–Crippen LogP) is 1.24. The van der Waals surface area contributed by atoms with Crippen LogP contribution in [0.15, 0.2) is 23.1 Å². The largest absolute Gasteiger partial charge is 0.314 e. The maximum absolute atomic E-state index is 12.2. The maximum Gasteiger partial charge on any atom is 0.242 e. The first kappa shape index (κ1) is 22.4. The monoisotopic (exact) mass is 400 g/mol. The van der Waals surface area contributed by atoms with Gasteiger partial charge in [0.05, 0.1) is 16.7 Å². The van der Waals surface area contributed by atoms with E-state index in [0.29, 0.717) is 18.7 Å². The molecule has 1 aliphatic rings. The van der Waals surface area contributed by atoms with Crippen LogP contribution in [0.1, 0.15) is 5.56 Å². The highest BCUT2D eigenvalue weighted by molar-refractivity contribution is 7.89. The molecule has 1 aliphatic heterocycles. The lowest BCUT2D eigenvalue weighted by molar-refractivity contribution is 0.245. The Kier molecular flexibility index (Phi) is 10.0. The Bertz CT molecular complexity index is 643. The van der Waals surface area contributed by atoms with E-state index in [1.807, 2.05) is 6.07 Å². The SMILES string of the molecule is Cl.Cl.N#Cc1ccc(S(=O)(=O)NCCN2CCNCC2)c(Cl)c1. The molecule has 0 radical (unpaired) electrons. The summed E-state index contributed by atoms with van der Waals surface area (Å²) in [6, 6.07) is 6.07. The van der Waals surface area contributed by atoms with Crippen molar-refractivity contribution in [2.45, 2.75) is 4.90 Å². The number of halogens is 3. The fourth-order valence-corrected chi connectivity index (χ4v) is 3.70. The van der Waals surface area contributed by atoms with Crippen molar-refractivity contribution in [2.75, 3.05) is 39.3 Å². The van der Waals surface area contributed by atoms with Gasteiger partial charge in [0.1, 0.15) is 4.90 Å². The Morgan fingerprint density at radius 2 is 1.96 bits per heavy atom. The Labute approximate surface area is 154 Å².